The Hall–Kier alpha value is -0.270. The standard InChI is InChI=1S/C13H23NO4S2/c15-12-4-2-1-3-10(12)7-14-13(16)8-19-11-5-6-20(17,18)9-11/h10-12,15H,1-9H2,(H,14,16). The first-order chi connectivity index (χ1) is 9.46. The van der Waals surface area contributed by atoms with Crippen molar-refractivity contribution in [2.45, 2.75) is 43.5 Å². The van der Waals surface area contributed by atoms with E-state index in [1.54, 1.807) is 0 Å². The lowest BCUT2D eigenvalue weighted by Gasteiger charge is -2.27. The van der Waals surface area contributed by atoms with Gasteiger partial charge in [0.2, 0.25) is 5.91 Å². The Morgan fingerprint density at radius 3 is 2.65 bits per heavy atom. The Morgan fingerprint density at radius 2 is 2.00 bits per heavy atom. The van der Waals surface area contributed by atoms with Crippen LogP contribution < -0.4 is 5.32 Å². The Balaban J connectivity index is 1.63. The Labute approximate surface area is 124 Å². The van der Waals surface area contributed by atoms with Crippen LogP contribution in [0.5, 0.6) is 0 Å². The maximum atomic E-state index is 11.7. The van der Waals surface area contributed by atoms with Gasteiger partial charge in [-0.3, -0.25) is 4.79 Å². The second-order valence-electron chi connectivity index (χ2n) is 5.75. The van der Waals surface area contributed by atoms with Crippen LogP contribution in [0.1, 0.15) is 32.1 Å². The molecule has 0 spiro atoms. The molecule has 1 amide bonds. The number of hydrogen-bond donors (Lipinski definition) is 2. The third-order valence-electron chi connectivity index (χ3n) is 4.07. The van der Waals surface area contributed by atoms with Gasteiger partial charge in [0.1, 0.15) is 0 Å². The van der Waals surface area contributed by atoms with Crippen LogP contribution in [0.25, 0.3) is 0 Å². The largest absolute Gasteiger partial charge is 0.393 e. The van der Waals surface area contributed by atoms with Crippen molar-refractivity contribution in [1.82, 2.24) is 5.32 Å². The number of rotatable bonds is 5. The summed E-state index contributed by atoms with van der Waals surface area (Å²) in [5, 5.41) is 12.7. The fourth-order valence-electron chi connectivity index (χ4n) is 2.81. The van der Waals surface area contributed by atoms with Gasteiger partial charge >= 0.3 is 0 Å². The van der Waals surface area contributed by atoms with E-state index in [2.05, 4.69) is 5.32 Å². The summed E-state index contributed by atoms with van der Waals surface area (Å²) in [6, 6.07) is 0. The molecule has 3 unspecified atom stereocenters. The normalized spacial score (nSPS) is 33.0. The second-order valence-corrected chi connectivity index (χ2v) is 9.27. The van der Waals surface area contributed by atoms with Gasteiger partial charge in [0, 0.05) is 17.7 Å². The molecule has 3 atom stereocenters. The molecular weight excluding hydrogens is 298 g/mol. The van der Waals surface area contributed by atoms with Crippen LogP contribution in [0.15, 0.2) is 0 Å². The minimum Gasteiger partial charge on any atom is -0.393 e. The van der Waals surface area contributed by atoms with Gasteiger partial charge in [0.05, 0.1) is 23.4 Å². The zero-order chi connectivity index (χ0) is 14.6. The Morgan fingerprint density at radius 1 is 1.25 bits per heavy atom. The maximum absolute atomic E-state index is 11.7. The summed E-state index contributed by atoms with van der Waals surface area (Å²) in [5.41, 5.74) is 0. The zero-order valence-electron chi connectivity index (χ0n) is 11.6. The van der Waals surface area contributed by atoms with E-state index in [9.17, 15) is 18.3 Å². The van der Waals surface area contributed by atoms with Gasteiger partial charge in [-0.25, -0.2) is 8.42 Å². The van der Waals surface area contributed by atoms with Crippen LogP contribution in [0.4, 0.5) is 0 Å². The SMILES string of the molecule is O=C(CSC1CCS(=O)(=O)C1)NCC1CCCCC1O. The first-order valence-electron chi connectivity index (χ1n) is 7.23. The van der Waals surface area contributed by atoms with Crippen molar-refractivity contribution in [3.8, 4) is 0 Å². The lowest BCUT2D eigenvalue weighted by Crippen LogP contribution is -2.37. The van der Waals surface area contributed by atoms with Crippen molar-refractivity contribution in [3.63, 3.8) is 0 Å². The summed E-state index contributed by atoms with van der Waals surface area (Å²) in [5.74, 6) is 0.872. The molecule has 1 aliphatic heterocycles. The average molecular weight is 321 g/mol. The summed E-state index contributed by atoms with van der Waals surface area (Å²) < 4.78 is 22.6. The second kappa shape index (κ2) is 7.13. The van der Waals surface area contributed by atoms with Crippen molar-refractivity contribution in [1.29, 1.82) is 0 Å². The summed E-state index contributed by atoms with van der Waals surface area (Å²) in [7, 11) is -2.87. The van der Waals surface area contributed by atoms with Crippen LogP contribution in [-0.4, -0.2) is 54.6 Å². The highest BCUT2D eigenvalue weighted by atomic mass is 32.2. The molecule has 0 aromatic heterocycles. The molecule has 2 rings (SSSR count). The molecule has 1 heterocycles. The van der Waals surface area contributed by atoms with Gasteiger partial charge in [-0.2, -0.15) is 0 Å². The number of sulfone groups is 1. The number of thioether (sulfide) groups is 1. The molecule has 0 aromatic carbocycles. The van der Waals surface area contributed by atoms with Crippen LogP contribution >= 0.6 is 11.8 Å². The fraction of sp³-hybridized carbons (Fsp3) is 0.923. The van der Waals surface area contributed by atoms with Gasteiger partial charge in [0.15, 0.2) is 9.84 Å². The van der Waals surface area contributed by atoms with E-state index in [1.807, 2.05) is 0 Å². The first kappa shape index (κ1) is 16.1. The predicted octanol–water partition coefficient (Wildman–Crippen LogP) is 0.574. The highest BCUT2D eigenvalue weighted by molar-refractivity contribution is 8.02. The van der Waals surface area contributed by atoms with Crippen molar-refractivity contribution < 1.29 is 18.3 Å². The van der Waals surface area contributed by atoms with E-state index in [-0.39, 0.29) is 34.7 Å². The fourth-order valence-corrected chi connectivity index (χ4v) is 6.28. The molecule has 1 saturated carbocycles. The van der Waals surface area contributed by atoms with E-state index >= 15 is 0 Å². The minimum atomic E-state index is -2.87. The van der Waals surface area contributed by atoms with Gasteiger partial charge in [-0.15, -0.1) is 11.8 Å². The summed E-state index contributed by atoms with van der Waals surface area (Å²) >= 11 is 1.43. The molecule has 116 valence electrons. The zero-order valence-corrected chi connectivity index (χ0v) is 13.2. The van der Waals surface area contributed by atoms with Crippen LogP contribution in [0, 0.1) is 5.92 Å². The van der Waals surface area contributed by atoms with E-state index < -0.39 is 9.84 Å². The molecule has 5 nitrogen and oxygen atoms in total. The Bertz CT molecular complexity index is 438. The summed E-state index contributed by atoms with van der Waals surface area (Å²) in [4.78, 5) is 11.7. The van der Waals surface area contributed by atoms with Crippen molar-refractivity contribution in [3.05, 3.63) is 0 Å². The molecule has 2 N–H and O–H groups in total. The molecule has 1 saturated heterocycles. The molecular formula is C13H23NO4S2. The molecule has 0 aromatic rings. The van der Waals surface area contributed by atoms with Crippen molar-refractivity contribution >= 4 is 27.5 Å². The first-order valence-corrected chi connectivity index (χ1v) is 10.1. The monoisotopic (exact) mass is 321 g/mol. The van der Waals surface area contributed by atoms with Gasteiger partial charge in [-0.05, 0) is 19.3 Å². The van der Waals surface area contributed by atoms with E-state index in [0.717, 1.165) is 25.7 Å². The predicted molar refractivity (Wildman–Crippen MR) is 80.5 cm³/mol. The summed E-state index contributed by atoms with van der Waals surface area (Å²) in [6.07, 6.45) is 4.34. The number of hydrogen-bond acceptors (Lipinski definition) is 5. The Kier molecular flexibility index (Phi) is 5.74. The van der Waals surface area contributed by atoms with E-state index in [4.69, 9.17) is 0 Å². The molecule has 7 heteroatoms. The number of aliphatic hydroxyl groups excluding tert-OH is 1. The molecule has 2 aliphatic rings. The molecule has 0 bridgehead atoms. The number of amides is 1. The topological polar surface area (TPSA) is 83.5 Å². The third kappa shape index (κ3) is 4.93. The van der Waals surface area contributed by atoms with Gasteiger partial charge in [0.25, 0.3) is 0 Å². The maximum Gasteiger partial charge on any atom is 0.230 e. The molecule has 20 heavy (non-hydrogen) atoms. The van der Waals surface area contributed by atoms with Crippen LogP contribution in [0.3, 0.4) is 0 Å². The smallest absolute Gasteiger partial charge is 0.230 e. The van der Waals surface area contributed by atoms with Crippen LogP contribution in [-0.2, 0) is 14.6 Å². The third-order valence-corrected chi connectivity index (χ3v) is 7.35. The van der Waals surface area contributed by atoms with Crippen molar-refractivity contribution in [2.75, 3.05) is 23.8 Å². The highest BCUT2D eigenvalue weighted by Gasteiger charge is 2.29. The number of carbonyl (C=O) groups excluding carboxylic acids is 1. The van der Waals surface area contributed by atoms with E-state index in [0.29, 0.717) is 18.7 Å². The number of nitrogens with one attached hydrogen (secondary N) is 1. The molecule has 2 fully saturated rings. The van der Waals surface area contributed by atoms with Crippen molar-refractivity contribution in [2.24, 2.45) is 5.92 Å². The highest BCUT2D eigenvalue weighted by Crippen LogP contribution is 2.25. The quantitative estimate of drug-likeness (QED) is 0.774. The molecule has 0 radical (unpaired) electrons. The molecule has 1 aliphatic carbocycles. The minimum absolute atomic E-state index is 0.0583. The number of carbonyl (C=O) groups is 1. The summed E-state index contributed by atoms with van der Waals surface area (Å²) in [6.45, 7) is 0.531. The lowest BCUT2D eigenvalue weighted by molar-refractivity contribution is -0.119. The average Bonchev–Trinajstić information content (AvgIpc) is 2.75. The van der Waals surface area contributed by atoms with Gasteiger partial charge < -0.3 is 10.4 Å². The van der Waals surface area contributed by atoms with Gasteiger partial charge in [-0.1, -0.05) is 12.8 Å². The lowest BCUT2D eigenvalue weighted by atomic mass is 9.86. The van der Waals surface area contributed by atoms with Crippen LogP contribution in [0.2, 0.25) is 0 Å². The number of aliphatic hydroxyl groups is 1. The van der Waals surface area contributed by atoms with E-state index in [1.165, 1.54) is 11.8 Å².